The number of methoxy groups -OCH3 is 1. The number of ether oxygens (including phenoxy) is 6. The zero-order chi connectivity index (χ0) is 40.4. The lowest BCUT2D eigenvalue weighted by atomic mass is 9.94. The molecule has 0 fully saturated rings. The number of benzene rings is 5. The zero-order valence-electron chi connectivity index (χ0n) is 32.3. The van der Waals surface area contributed by atoms with Gasteiger partial charge in [0.1, 0.15) is 28.7 Å². The first-order chi connectivity index (χ1) is 27.7. The second-order valence-corrected chi connectivity index (χ2v) is 13.2. The minimum absolute atomic E-state index is 0.221. The molecule has 5 aromatic rings. The van der Waals surface area contributed by atoms with Crippen molar-refractivity contribution in [1.82, 2.24) is 0 Å². The number of carbonyl (C=O) groups excluding carboxylic acids is 4. The van der Waals surface area contributed by atoms with Gasteiger partial charge in [-0.05, 0) is 121 Å². The molecule has 0 spiro atoms. The molecular formula is C47H46O10. The lowest BCUT2D eigenvalue weighted by molar-refractivity contribution is -0.149. The first-order valence-corrected chi connectivity index (χ1v) is 18.8. The highest BCUT2D eigenvalue weighted by atomic mass is 16.5. The van der Waals surface area contributed by atoms with Crippen LogP contribution in [-0.4, -0.2) is 44.2 Å². The maximum atomic E-state index is 13.0. The highest BCUT2D eigenvalue weighted by molar-refractivity contribution is 5.91. The van der Waals surface area contributed by atoms with Crippen LogP contribution in [0.15, 0.2) is 133 Å². The normalized spacial score (nSPS) is 11.9. The highest BCUT2D eigenvalue weighted by Gasteiger charge is 2.26. The Labute approximate surface area is 333 Å². The van der Waals surface area contributed by atoms with E-state index in [-0.39, 0.29) is 19.0 Å². The van der Waals surface area contributed by atoms with E-state index in [2.05, 4.69) is 0 Å². The van der Waals surface area contributed by atoms with Gasteiger partial charge in [-0.25, -0.2) is 9.59 Å². The second kappa shape index (κ2) is 21.4. The van der Waals surface area contributed by atoms with Crippen LogP contribution in [0.5, 0.6) is 28.7 Å². The molecule has 10 nitrogen and oxygen atoms in total. The number of unbranched alkanes of at least 4 members (excludes halogenated alkanes) is 1. The molecule has 0 N–H and O–H groups in total. The van der Waals surface area contributed by atoms with Gasteiger partial charge < -0.3 is 28.4 Å². The van der Waals surface area contributed by atoms with Crippen molar-refractivity contribution in [3.05, 3.63) is 145 Å². The van der Waals surface area contributed by atoms with Crippen molar-refractivity contribution in [1.29, 1.82) is 0 Å². The number of hydrogen-bond donors (Lipinski definition) is 0. The van der Waals surface area contributed by atoms with Gasteiger partial charge >= 0.3 is 23.9 Å². The van der Waals surface area contributed by atoms with E-state index in [4.69, 9.17) is 28.4 Å². The minimum Gasteiger partial charge on any atom is -0.497 e. The van der Waals surface area contributed by atoms with Gasteiger partial charge in [0, 0.05) is 6.08 Å². The molecule has 0 saturated carbocycles. The summed E-state index contributed by atoms with van der Waals surface area (Å²) in [5, 5.41) is 0. The van der Waals surface area contributed by atoms with Gasteiger partial charge in [0.2, 0.25) is 0 Å². The number of rotatable bonds is 19. The van der Waals surface area contributed by atoms with Crippen LogP contribution >= 0.6 is 0 Å². The Kier molecular flexibility index (Phi) is 15.6. The Balaban J connectivity index is 0.958. The van der Waals surface area contributed by atoms with E-state index in [1.54, 1.807) is 92.9 Å². The van der Waals surface area contributed by atoms with Gasteiger partial charge in [-0.3, -0.25) is 9.59 Å². The van der Waals surface area contributed by atoms with Crippen LogP contribution < -0.4 is 23.7 Å². The molecular weight excluding hydrogens is 725 g/mol. The molecule has 0 saturated heterocycles. The molecule has 0 aliphatic rings. The Morgan fingerprint density at radius 1 is 0.596 bits per heavy atom. The molecule has 57 heavy (non-hydrogen) atoms. The average Bonchev–Trinajstić information content (AvgIpc) is 3.24. The Morgan fingerprint density at radius 2 is 1.16 bits per heavy atom. The third kappa shape index (κ3) is 13.2. The first-order valence-electron chi connectivity index (χ1n) is 18.8. The zero-order valence-corrected chi connectivity index (χ0v) is 32.3. The summed E-state index contributed by atoms with van der Waals surface area (Å²) >= 11 is 0. The fourth-order valence-corrected chi connectivity index (χ4v) is 5.67. The molecule has 0 amide bonds. The maximum Gasteiger partial charge on any atom is 0.343 e. The van der Waals surface area contributed by atoms with Gasteiger partial charge in [0.05, 0.1) is 37.7 Å². The van der Waals surface area contributed by atoms with Crippen LogP contribution in [0.2, 0.25) is 0 Å². The van der Waals surface area contributed by atoms with Crippen LogP contribution in [0.3, 0.4) is 0 Å². The average molecular weight is 771 g/mol. The van der Waals surface area contributed by atoms with Crippen molar-refractivity contribution in [2.24, 2.45) is 11.8 Å². The van der Waals surface area contributed by atoms with E-state index in [9.17, 15) is 19.2 Å². The van der Waals surface area contributed by atoms with Crippen molar-refractivity contribution >= 4 is 30.0 Å². The molecule has 0 aliphatic heterocycles. The fraction of sp³-hybridized carbons (Fsp3) is 0.234. The number of esters is 4. The van der Waals surface area contributed by atoms with E-state index in [0.29, 0.717) is 60.2 Å². The molecule has 2 atom stereocenters. The Morgan fingerprint density at radius 3 is 1.79 bits per heavy atom. The summed E-state index contributed by atoms with van der Waals surface area (Å²) in [6, 6.07) is 37.5. The molecule has 0 aliphatic carbocycles. The summed E-state index contributed by atoms with van der Waals surface area (Å²) in [6.45, 7) is 4.21. The van der Waals surface area contributed by atoms with Crippen LogP contribution in [0.4, 0.5) is 0 Å². The van der Waals surface area contributed by atoms with Crippen molar-refractivity contribution in [2.75, 3.05) is 20.3 Å². The molecule has 10 heteroatoms. The lowest BCUT2D eigenvalue weighted by Gasteiger charge is -2.18. The SMILES string of the molecule is CCC(CC(C)C(=O)OCCCCOc1ccc(C(=O)Oc2ccc(OC)cc2)cc1)C(=O)Oc1ccc(OC(=O)C=Cc2ccc(-c3ccccc3)cc2)cc1. The summed E-state index contributed by atoms with van der Waals surface area (Å²) in [5.41, 5.74) is 3.44. The molecule has 0 radical (unpaired) electrons. The predicted molar refractivity (Wildman–Crippen MR) is 216 cm³/mol. The third-order valence-electron chi connectivity index (χ3n) is 8.97. The largest absolute Gasteiger partial charge is 0.497 e. The highest BCUT2D eigenvalue weighted by Crippen LogP contribution is 2.24. The first kappa shape index (κ1) is 41.5. The monoisotopic (exact) mass is 770 g/mol. The van der Waals surface area contributed by atoms with Crippen LogP contribution in [0.25, 0.3) is 17.2 Å². The van der Waals surface area contributed by atoms with Gasteiger partial charge in [0.25, 0.3) is 0 Å². The maximum absolute atomic E-state index is 13.0. The second-order valence-electron chi connectivity index (χ2n) is 13.2. The van der Waals surface area contributed by atoms with Crippen molar-refractivity contribution in [2.45, 2.75) is 39.5 Å². The van der Waals surface area contributed by atoms with E-state index >= 15 is 0 Å². The summed E-state index contributed by atoms with van der Waals surface area (Å²) < 4.78 is 32.7. The van der Waals surface area contributed by atoms with Crippen molar-refractivity contribution in [3.63, 3.8) is 0 Å². The minimum atomic E-state index is -0.540. The summed E-state index contributed by atoms with van der Waals surface area (Å²) in [6.07, 6.45) is 5.03. The van der Waals surface area contributed by atoms with Crippen molar-refractivity contribution in [3.8, 4) is 39.9 Å². The number of hydrogen-bond acceptors (Lipinski definition) is 10. The molecule has 0 aromatic heterocycles. The molecule has 0 bridgehead atoms. The van der Waals surface area contributed by atoms with Gasteiger partial charge in [-0.1, -0.05) is 68.4 Å². The van der Waals surface area contributed by atoms with Crippen LogP contribution in [0, 0.1) is 11.8 Å². The van der Waals surface area contributed by atoms with Gasteiger partial charge in [-0.15, -0.1) is 0 Å². The quantitative estimate of drug-likeness (QED) is 0.0347. The Bertz CT molecular complexity index is 2070. The lowest BCUT2D eigenvalue weighted by Crippen LogP contribution is -2.26. The van der Waals surface area contributed by atoms with E-state index < -0.39 is 29.7 Å². The van der Waals surface area contributed by atoms with Crippen molar-refractivity contribution < 1.29 is 47.6 Å². The molecule has 294 valence electrons. The van der Waals surface area contributed by atoms with Gasteiger partial charge in [-0.2, -0.15) is 0 Å². The summed E-state index contributed by atoms with van der Waals surface area (Å²) in [4.78, 5) is 50.5. The topological polar surface area (TPSA) is 124 Å². The Hall–Kier alpha value is -6.68. The van der Waals surface area contributed by atoms with E-state index in [1.807, 2.05) is 61.5 Å². The predicted octanol–water partition coefficient (Wildman–Crippen LogP) is 9.56. The molecule has 2 unspecified atom stereocenters. The van der Waals surface area contributed by atoms with E-state index in [1.165, 1.54) is 6.08 Å². The van der Waals surface area contributed by atoms with Crippen LogP contribution in [-0.2, 0) is 19.1 Å². The summed E-state index contributed by atoms with van der Waals surface area (Å²) in [5.74, 6) is -0.603. The third-order valence-corrected chi connectivity index (χ3v) is 8.97. The molecule has 5 aromatic carbocycles. The number of carbonyl (C=O) groups is 4. The summed E-state index contributed by atoms with van der Waals surface area (Å²) in [7, 11) is 1.56. The fourth-order valence-electron chi connectivity index (χ4n) is 5.67. The molecule has 5 rings (SSSR count). The van der Waals surface area contributed by atoms with E-state index in [0.717, 1.165) is 16.7 Å². The van der Waals surface area contributed by atoms with Gasteiger partial charge in [0.15, 0.2) is 0 Å². The smallest absolute Gasteiger partial charge is 0.343 e. The standard InChI is InChI=1S/C47H46O10/c1-4-35(46(50)56-43-27-25-41(26-28-43)55-44(48)29-14-34-12-15-37(16-13-34)36-10-6-5-7-11-36)32-33(2)45(49)54-31-9-8-30-53-40-19-17-38(18-20-40)47(51)57-42-23-21-39(52-3)22-24-42/h5-7,10-29,33,35H,4,8-9,30-32H2,1-3H3. The molecule has 0 heterocycles. The van der Waals surface area contributed by atoms with Crippen LogP contribution in [0.1, 0.15) is 55.5 Å².